The fourth-order valence-electron chi connectivity index (χ4n) is 5.56. The second kappa shape index (κ2) is 9.97. The van der Waals surface area contributed by atoms with E-state index in [-0.39, 0.29) is 5.91 Å². The molecule has 1 amide bonds. The second-order valence-electron chi connectivity index (χ2n) is 10.5. The van der Waals surface area contributed by atoms with Crippen molar-refractivity contribution < 1.29 is 4.79 Å². The minimum absolute atomic E-state index is 0.181. The zero-order valence-corrected chi connectivity index (χ0v) is 22.6. The third-order valence-electron chi connectivity index (χ3n) is 7.65. The van der Waals surface area contributed by atoms with E-state index in [0.29, 0.717) is 23.8 Å². The normalized spacial score (nSPS) is 16.3. The highest BCUT2D eigenvalue weighted by Gasteiger charge is 2.28. The van der Waals surface area contributed by atoms with Crippen molar-refractivity contribution >= 4 is 55.6 Å². The molecule has 7 rings (SSSR count). The highest BCUT2D eigenvalue weighted by molar-refractivity contribution is 7.13. The molecular weight excluding hydrogens is 510 g/mol. The highest BCUT2D eigenvalue weighted by atomic mass is 32.1. The van der Waals surface area contributed by atoms with Gasteiger partial charge >= 0.3 is 0 Å². The van der Waals surface area contributed by atoms with Gasteiger partial charge in [-0.25, -0.2) is 4.98 Å². The lowest BCUT2D eigenvalue weighted by molar-refractivity contribution is 0.102. The molecule has 1 saturated heterocycles. The van der Waals surface area contributed by atoms with Gasteiger partial charge in [0.15, 0.2) is 5.13 Å². The first-order valence-corrected chi connectivity index (χ1v) is 14.4. The maximum atomic E-state index is 13.6. The van der Waals surface area contributed by atoms with E-state index in [4.69, 9.17) is 5.10 Å². The third kappa shape index (κ3) is 4.95. The summed E-state index contributed by atoms with van der Waals surface area (Å²) in [5, 5.41) is 26.9. The lowest BCUT2D eigenvalue weighted by atomic mass is 10.0. The number of aromatic nitrogens is 5. The van der Waals surface area contributed by atoms with Gasteiger partial charge in [-0.05, 0) is 55.5 Å². The fraction of sp³-hybridized carbons (Fsp3) is 0.357. The standard InChI is InChI=1S/C28H31N9OS/c1-36-16-23-24(37-9-6-20(7-10-37)32-19-2-3-19)5-4-22(26(23)35-36)27(38)33-21-12-17(14-30-28-29-8-11-39-28)25-18(13-21)15-31-34-25/h4-5,8,11-13,15-16,19-20,32H,2-3,6-7,9-10,14H2,1H3,(H,29,30)(H,31,34)(H,33,38). The molecule has 0 atom stereocenters. The average molecular weight is 542 g/mol. The first-order valence-electron chi connectivity index (χ1n) is 13.5. The van der Waals surface area contributed by atoms with Crippen LogP contribution in [0.3, 0.4) is 0 Å². The highest BCUT2D eigenvalue weighted by Crippen LogP contribution is 2.32. The van der Waals surface area contributed by atoms with Crippen LogP contribution in [0.2, 0.25) is 0 Å². The number of H-pyrrole nitrogens is 1. The van der Waals surface area contributed by atoms with Crippen LogP contribution in [-0.4, -0.2) is 56.0 Å². The quantitative estimate of drug-likeness (QED) is 0.229. The van der Waals surface area contributed by atoms with Gasteiger partial charge in [0.1, 0.15) is 5.52 Å². The Morgan fingerprint density at radius 3 is 2.79 bits per heavy atom. The van der Waals surface area contributed by atoms with Gasteiger partial charge in [0.05, 0.1) is 17.3 Å². The number of carbonyl (C=O) groups is 1. The number of thiazole rings is 1. The molecule has 2 fully saturated rings. The van der Waals surface area contributed by atoms with E-state index in [9.17, 15) is 4.79 Å². The largest absolute Gasteiger partial charge is 0.371 e. The van der Waals surface area contributed by atoms with Crippen LogP contribution in [-0.2, 0) is 13.6 Å². The molecule has 5 aromatic rings. The van der Waals surface area contributed by atoms with Crippen molar-refractivity contribution in [3.05, 3.63) is 59.4 Å². The van der Waals surface area contributed by atoms with Crippen LogP contribution in [0.25, 0.3) is 21.8 Å². The second-order valence-corrected chi connectivity index (χ2v) is 11.4. The van der Waals surface area contributed by atoms with Crippen LogP contribution in [0, 0.1) is 0 Å². The molecule has 3 aromatic heterocycles. The van der Waals surface area contributed by atoms with Crippen molar-refractivity contribution in [2.45, 2.75) is 44.3 Å². The molecule has 1 saturated carbocycles. The number of carbonyl (C=O) groups excluding carboxylic acids is 1. The Bertz CT molecular complexity index is 1630. The zero-order chi connectivity index (χ0) is 26.3. The van der Waals surface area contributed by atoms with E-state index in [1.807, 2.05) is 36.8 Å². The van der Waals surface area contributed by atoms with Gasteiger partial charge in [-0.1, -0.05) is 0 Å². The Morgan fingerprint density at radius 1 is 1.15 bits per heavy atom. The minimum atomic E-state index is -0.181. The van der Waals surface area contributed by atoms with Crippen molar-refractivity contribution in [1.82, 2.24) is 30.3 Å². The zero-order valence-electron chi connectivity index (χ0n) is 21.8. The molecule has 0 bridgehead atoms. The summed E-state index contributed by atoms with van der Waals surface area (Å²) in [6.07, 6.45) is 10.5. The first kappa shape index (κ1) is 24.1. The molecule has 200 valence electrons. The molecular formula is C28H31N9OS. The Morgan fingerprint density at radius 2 is 2.00 bits per heavy atom. The van der Waals surface area contributed by atoms with Gasteiger partial charge < -0.3 is 20.9 Å². The number of amides is 1. The van der Waals surface area contributed by atoms with Gasteiger partial charge in [0.25, 0.3) is 5.91 Å². The molecule has 0 radical (unpaired) electrons. The molecule has 0 unspecified atom stereocenters. The Kier molecular flexibility index (Phi) is 6.16. The Balaban J connectivity index is 1.12. The van der Waals surface area contributed by atoms with E-state index in [2.05, 4.69) is 42.1 Å². The number of benzene rings is 2. The Hall–Kier alpha value is -3.96. The SMILES string of the molecule is Cn1cc2c(N3CCC(NC4CC4)CC3)ccc(C(=O)Nc3cc(CNc4nccs4)c4[nH]ncc4c3)c2n1. The molecule has 39 heavy (non-hydrogen) atoms. The summed E-state index contributed by atoms with van der Waals surface area (Å²) in [5.74, 6) is -0.181. The predicted molar refractivity (Wildman–Crippen MR) is 156 cm³/mol. The molecule has 4 N–H and O–H groups in total. The summed E-state index contributed by atoms with van der Waals surface area (Å²) in [7, 11) is 1.91. The monoisotopic (exact) mass is 541 g/mol. The third-order valence-corrected chi connectivity index (χ3v) is 8.38. The smallest absolute Gasteiger partial charge is 0.257 e. The van der Waals surface area contributed by atoms with Crippen LogP contribution in [0.1, 0.15) is 41.6 Å². The summed E-state index contributed by atoms with van der Waals surface area (Å²) in [5.41, 5.74) is 5.08. The average Bonchev–Trinajstić information content (AvgIpc) is 3.30. The number of hydrogen-bond acceptors (Lipinski definition) is 8. The molecule has 1 aliphatic carbocycles. The summed E-state index contributed by atoms with van der Waals surface area (Å²) in [6, 6.07) is 9.25. The van der Waals surface area contributed by atoms with E-state index in [0.717, 1.165) is 70.2 Å². The predicted octanol–water partition coefficient (Wildman–Crippen LogP) is 4.49. The van der Waals surface area contributed by atoms with Gasteiger partial charge in [-0.3, -0.25) is 14.6 Å². The summed E-state index contributed by atoms with van der Waals surface area (Å²) in [6.45, 7) is 2.56. The van der Waals surface area contributed by atoms with Crippen molar-refractivity contribution in [2.24, 2.45) is 7.05 Å². The number of aromatic amines is 1. The minimum Gasteiger partial charge on any atom is -0.371 e. The van der Waals surface area contributed by atoms with Gasteiger partial charge in [0, 0.05) is 78.7 Å². The number of nitrogens with zero attached hydrogens (tertiary/aromatic N) is 5. The molecule has 4 heterocycles. The Labute approximate surface area is 229 Å². The lowest BCUT2D eigenvalue weighted by Crippen LogP contribution is -2.43. The maximum absolute atomic E-state index is 13.6. The molecule has 2 aliphatic rings. The van der Waals surface area contributed by atoms with Crippen molar-refractivity contribution in [3.8, 4) is 0 Å². The van der Waals surface area contributed by atoms with Gasteiger partial charge in [0.2, 0.25) is 0 Å². The number of hydrogen-bond donors (Lipinski definition) is 4. The molecule has 10 nitrogen and oxygen atoms in total. The van der Waals surface area contributed by atoms with Gasteiger partial charge in [-0.15, -0.1) is 11.3 Å². The molecule has 1 aliphatic heterocycles. The number of rotatable bonds is 8. The van der Waals surface area contributed by atoms with Crippen LogP contribution < -0.4 is 20.9 Å². The number of anilines is 3. The van der Waals surface area contributed by atoms with Crippen LogP contribution in [0.4, 0.5) is 16.5 Å². The van der Waals surface area contributed by atoms with Crippen molar-refractivity contribution in [3.63, 3.8) is 0 Å². The van der Waals surface area contributed by atoms with E-state index < -0.39 is 0 Å². The van der Waals surface area contributed by atoms with Crippen molar-refractivity contribution in [1.29, 1.82) is 0 Å². The summed E-state index contributed by atoms with van der Waals surface area (Å²) < 4.78 is 1.80. The van der Waals surface area contributed by atoms with E-state index >= 15 is 0 Å². The number of nitrogens with one attached hydrogen (secondary N) is 4. The number of piperidine rings is 1. The van der Waals surface area contributed by atoms with E-state index in [1.54, 1.807) is 28.4 Å². The maximum Gasteiger partial charge on any atom is 0.257 e. The number of fused-ring (bicyclic) bond motifs is 2. The molecule has 11 heteroatoms. The molecule has 2 aromatic carbocycles. The van der Waals surface area contributed by atoms with Crippen LogP contribution >= 0.6 is 11.3 Å². The molecule has 0 spiro atoms. The first-order chi connectivity index (χ1) is 19.1. The fourth-order valence-corrected chi connectivity index (χ4v) is 6.09. The van der Waals surface area contributed by atoms with Crippen LogP contribution in [0.15, 0.2) is 48.2 Å². The van der Waals surface area contributed by atoms with Crippen molar-refractivity contribution in [2.75, 3.05) is 28.6 Å². The number of aryl methyl sites for hydroxylation is 1. The van der Waals surface area contributed by atoms with Gasteiger partial charge in [-0.2, -0.15) is 10.2 Å². The topological polar surface area (TPSA) is 116 Å². The summed E-state index contributed by atoms with van der Waals surface area (Å²) >= 11 is 1.55. The summed E-state index contributed by atoms with van der Waals surface area (Å²) in [4.78, 5) is 20.3. The lowest BCUT2D eigenvalue weighted by Gasteiger charge is -2.34. The van der Waals surface area contributed by atoms with Crippen LogP contribution in [0.5, 0.6) is 0 Å². The van der Waals surface area contributed by atoms with E-state index in [1.165, 1.54) is 12.8 Å².